The Morgan fingerprint density at radius 3 is 2.65 bits per heavy atom. The number of hydrogen-bond acceptors (Lipinski definition) is 4. The first-order valence-electron chi connectivity index (χ1n) is 9.09. The molecule has 6 nitrogen and oxygen atoms in total. The van der Waals surface area contributed by atoms with Crippen LogP contribution in [0.3, 0.4) is 0 Å². The van der Waals surface area contributed by atoms with E-state index in [9.17, 15) is 4.79 Å². The Morgan fingerprint density at radius 1 is 1.17 bits per heavy atom. The molecule has 0 spiro atoms. The molecule has 23 heavy (non-hydrogen) atoms. The zero-order valence-corrected chi connectivity index (χ0v) is 14.1. The lowest BCUT2D eigenvalue weighted by Crippen LogP contribution is -2.45. The van der Waals surface area contributed by atoms with Crippen molar-refractivity contribution < 1.29 is 4.79 Å². The number of likely N-dealkylation sites (tertiary alicyclic amines) is 1. The van der Waals surface area contributed by atoms with Crippen LogP contribution in [0, 0.1) is 5.41 Å². The van der Waals surface area contributed by atoms with E-state index in [1.54, 1.807) is 0 Å². The average Bonchev–Trinajstić information content (AvgIpc) is 3.21. The van der Waals surface area contributed by atoms with Gasteiger partial charge in [0.05, 0.1) is 6.54 Å². The molecule has 0 aromatic carbocycles. The molecule has 2 fully saturated rings. The summed E-state index contributed by atoms with van der Waals surface area (Å²) in [4.78, 5) is 14.9. The number of fused-ring (bicyclic) bond motifs is 1. The lowest BCUT2D eigenvalue weighted by molar-refractivity contribution is -0.142. The quantitative estimate of drug-likeness (QED) is 0.901. The van der Waals surface area contributed by atoms with E-state index >= 15 is 0 Å². The van der Waals surface area contributed by atoms with Gasteiger partial charge in [0.1, 0.15) is 11.6 Å². The van der Waals surface area contributed by atoms with Crippen molar-refractivity contribution in [1.29, 1.82) is 0 Å². The Balaban J connectivity index is 1.41. The minimum Gasteiger partial charge on any atom is -0.342 e. The summed E-state index contributed by atoms with van der Waals surface area (Å²) in [5.74, 6) is 3.04. The van der Waals surface area contributed by atoms with Crippen molar-refractivity contribution in [3.8, 4) is 0 Å². The molecule has 0 radical (unpaired) electrons. The number of piperidine rings is 1. The van der Waals surface area contributed by atoms with E-state index < -0.39 is 0 Å². The molecule has 0 unspecified atom stereocenters. The van der Waals surface area contributed by atoms with Crippen LogP contribution < -0.4 is 5.32 Å². The maximum Gasteiger partial charge on any atom is 0.228 e. The zero-order chi connectivity index (χ0) is 15.9. The van der Waals surface area contributed by atoms with Crippen LogP contribution >= 0.6 is 0 Å². The first-order valence-corrected chi connectivity index (χ1v) is 9.09. The van der Waals surface area contributed by atoms with Gasteiger partial charge in [0.15, 0.2) is 0 Å². The summed E-state index contributed by atoms with van der Waals surface area (Å²) in [6.45, 7) is 6.70. The van der Waals surface area contributed by atoms with E-state index in [0.29, 0.717) is 11.8 Å². The fourth-order valence-electron chi connectivity index (χ4n) is 4.51. The fourth-order valence-corrected chi connectivity index (χ4v) is 4.51. The second kappa shape index (κ2) is 5.89. The van der Waals surface area contributed by atoms with Crippen molar-refractivity contribution in [1.82, 2.24) is 25.0 Å². The molecular formula is C17H27N5O. The van der Waals surface area contributed by atoms with E-state index in [0.717, 1.165) is 70.1 Å². The summed E-state index contributed by atoms with van der Waals surface area (Å²) in [5.41, 5.74) is -0.0907. The van der Waals surface area contributed by atoms with Crippen LogP contribution in [-0.4, -0.2) is 45.2 Å². The second-order valence-electron chi connectivity index (χ2n) is 7.64. The first-order chi connectivity index (χ1) is 11.2. The molecule has 4 rings (SSSR count). The smallest absolute Gasteiger partial charge is 0.228 e. The molecule has 1 saturated heterocycles. The largest absolute Gasteiger partial charge is 0.342 e. The van der Waals surface area contributed by atoms with Gasteiger partial charge in [-0.3, -0.25) is 4.79 Å². The minimum absolute atomic E-state index is 0.0907. The maximum atomic E-state index is 12.8. The van der Waals surface area contributed by atoms with Crippen LogP contribution in [0.25, 0.3) is 0 Å². The van der Waals surface area contributed by atoms with Crippen molar-refractivity contribution in [3.05, 3.63) is 11.6 Å². The van der Waals surface area contributed by atoms with Gasteiger partial charge in [-0.25, -0.2) is 0 Å². The molecule has 3 heterocycles. The van der Waals surface area contributed by atoms with E-state index in [1.807, 2.05) is 0 Å². The van der Waals surface area contributed by atoms with Gasteiger partial charge in [-0.15, -0.1) is 10.2 Å². The Kier molecular flexibility index (Phi) is 3.87. The molecule has 6 heteroatoms. The molecular weight excluding hydrogens is 290 g/mol. The standard InChI is InChI=1S/C17H27N5O/c1-17(6-2-3-7-17)16(23)21-9-4-13(5-10-21)15-20-19-14-12-18-8-11-22(14)15/h13,18H,2-12H2,1H3. The third kappa shape index (κ3) is 2.67. The number of nitrogens with zero attached hydrogens (tertiary/aromatic N) is 4. The minimum atomic E-state index is -0.0907. The summed E-state index contributed by atoms with van der Waals surface area (Å²) >= 11 is 0. The molecule has 2 aliphatic heterocycles. The number of aromatic nitrogens is 3. The number of amides is 1. The number of rotatable bonds is 2. The van der Waals surface area contributed by atoms with Gasteiger partial charge in [-0.05, 0) is 25.7 Å². The van der Waals surface area contributed by atoms with Crippen LogP contribution in [-0.2, 0) is 17.9 Å². The topological polar surface area (TPSA) is 63.1 Å². The molecule has 1 amide bonds. The lowest BCUT2D eigenvalue weighted by atomic mass is 9.85. The van der Waals surface area contributed by atoms with Crippen molar-refractivity contribution >= 4 is 5.91 Å². The van der Waals surface area contributed by atoms with Crippen molar-refractivity contribution in [3.63, 3.8) is 0 Å². The predicted octanol–water partition coefficient (Wildman–Crippen LogP) is 1.67. The van der Waals surface area contributed by atoms with Crippen molar-refractivity contribution in [2.45, 2.75) is 64.5 Å². The first kappa shape index (κ1) is 15.1. The maximum absolute atomic E-state index is 12.8. The molecule has 1 aliphatic carbocycles. The van der Waals surface area contributed by atoms with Crippen molar-refractivity contribution in [2.75, 3.05) is 19.6 Å². The van der Waals surface area contributed by atoms with E-state index in [-0.39, 0.29) is 5.41 Å². The molecule has 1 aromatic rings. The fraction of sp³-hybridized carbons (Fsp3) is 0.824. The summed E-state index contributed by atoms with van der Waals surface area (Å²) in [6, 6.07) is 0. The molecule has 1 N–H and O–H groups in total. The van der Waals surface area contributed by atoms with E-state index in [2.05, 4.69) is 31.9 Å². The number of hydrogen-bond donors (Lipinski definition) is 1. The Labute approximate surface area is 137 Å². The monoisotopic (exact) mass is 317 g/mol. The third-order valence-corrected chi connectivity index (χ3v) is 6.02. The summed E-state index contributed by atoms with van der Waals surface area (Å²) in [7, 11) is 0. The highest BCUT2D eigenvalue weighted by Gasteiger charge is 2.40. The van der Waals surface area contributed by atoms with Gasteiger partial charge in [0.2, 0.25) is 5.91 Å². The lowest BCUT2D eigenvalue weighted by Gasteiger charge is -2.37. The number of carbonyl (C=O) groups excluding carboxylic acids is 1. The normalized spacial score (nSPS) is 24.7. The van der Waals surface area contributed by atoms with Crippen LogP contribution in [0.1, 0.15) is 63.0 Å². The molecule has 126 valence electrons. The zero-order valence-electron chi connectivity index (χ0n) is 14.1. The predicted molar refractivity (Wildman–Crippen MR) is 86.9 cm³/mol. The van der Waals surface area contributed by atoms with Crippen LogP contribution in [0.4, 0.5) is 0 Å². The molecule has 0 bridgehead atoms. The molecule has 1 saturated carbocycles. The highest BCUT2D eigenvalue weighted by Crippen LogP contribution is 2.40. The Morgan fingerprint density at radius 2 is 1.91 bits per heavy atom. The second-order valence-corrected chi connectivity index (χ2v) is 7.64. The van der Waals surface area contributed by atoms with Crippen molar-refractivity contribution in [2.24, 2.45) is 5.41 Å². The van der Waals surface area contributed by atoms with E-state index in [4.69, 9.17) is 0 Å². The van der Waals surface area contributed by atoms with Gasteiger partial charge in [0, 0.05) is 37.5 Å². The summed E-state index contributed by atoms with van der Waals surface area (Å²) in [5, 5.41) is 12.1. The molecule has 0 atom stereocenters. The number of nitrogens with one attached hydrogen (secondary N) is 1. The third-order valence-electron chi connectivity index (χ3n) is 6.02. The van der Waals surface area contributed by atoms with E-state index in [1.165, 1.54) is 12.8 Å². The van der Waals surface area contributed by atoms with Crippen LogP contribution in [0.2, 0.25) is 0 Å². The van der Waals surface area contributed by atoms with Gasteiger partial charge >= 0.3 is 0 Å². The highest BCUT2D eigenvalue weighted by atomic mass is 16.2. The highest BCUT2D eigenvalue weighted by molar-refractivity contribution is 5.82. The average molecular weight is 317 g/mol. The van der Waals surface area contributed by atoms with Gasteiger partial charge in [0.25, 0.3) is 0 Å². The van der Waals surface area contributed by atoms with Gasteiger partial charge in [-0.1, -0.05) is 19.8 Å². The van der Waals surface area contributed by atoms with Gasteiger partial charge in [-0.2, -0.15) is 0 Å². The number of carbonyl (C=O) groups is 1. The molecule has 3 aliphatic rings. The van der Waals surface area contributed by atoms with Crippen LogP contribution in [0.5, 0.6) is 0 Å². The summed E-state index contributed by atoms with van der Waals surface area (Å²) in [6.07, 6.45) is 6.59. The summed E-state index contributed by atoms with van der Waals surface area (Å²) < 4.78 is 2.29. The van der Waals surface area contributed by atoms with Crippen LogP contribution in [0.15, 0.2) is 0 Å². The SMILES string of the molecule is CC1(C(=O)N2CCC(c3nnc4n3CCNC4)CC2)CCCC1. The van der Waals surface area contributed by atoms with Gasteiger partial charge < -0.3 is 14.8 Å². The molecule has 1 aromatic heterocycles. The Hall–Kier alpha value is -1.43. The Bertz CT molecular complexity index is 582.